The summed E-state index contributed by atoms with van der Waals surface area (Å²) in [5.74, 6) is -0.741. The first kappa shape index (κ1) is 15.3. The Kier molecular flexibility index (Phi) is 4.07. The van der Waals surface area contributed by atoms with Gasteiger partial charge in [0.25, 0.3) is 5.91 Å². The van der Waals surface area contributed by atoms with E-state index in [1.807, 2.05) is 0 Å². The monoisotopic (exact) mass is 326 g/mol. The molecule has 1 aromatic rings. The normalized spacial score (nSPS) is 15.2. The van der Waals surface area contributed by atoms with Crippen LogP contribution in [0.1, 0.15) is 23.2 Å². The Hall–Kier alpha value is -1.14. The lowest BCUT2D eigenvalue weighted by Crippen LogP contribution is -2.40. The second-order valence-corrected chi connectivity index (χ2v) is 5.43. The fraction of sp³-hybridized carbons (Fsp3) is 0.417. The SMILES string of the molecule is Nc1cc(C(=O)N(CC(F)(F)F)C2CC2)cc(Cl)c1Cl. The molecular weight excluding hydrogens is 316 g/mol. The van der Waals surface area contributed by atoms with Gasteiger partial charge in [-0.2, -0.15) is 13.2 Å². The Labute approximate surface area is 123 Å². The molecule has 1 aliphatic rings. The van der Waals surface area contributed by atoms with Gasteiger partial charge in [-0.25, -0.2) is 0 Å². The summed E-state index contributed by atoms with van der Waals surface area (Å²) in [4.78, 5) is 13.0. The lowest BCUT2D eigenvalue weighted by Gasteiger charge is -2.24. The first-order chi connectivity index (χ1) is 9.19. The number of alkyl halides is 3. The van der Waals surface area contributed by atoms with Gasteiger partial charge < -0.3 is 10.6 Å². The average Bonchev–Trinajstić information content (AvgIpc) is 3.14. The molecule has 1 aliphatic carbocycles. The zero-order valence-corrected chi connectivity index (χ0v) is 11.7. The fourth-order valence-corrected chi connectivity index (χ4v) is 2.18. The molecule has 1 aromatic carbocycles. The van der Waals surface area contributed by atoms with Crippen LogP contribution < -0.4 is 5.73 Å². The second kappa shape index (κ2) is 5.33. The van der Waals surface area contributed by atoms with Crippen LogP contribution in [0.2, 0.25) is 10.0 Å². The number of hydrogen-bond acceptors (Lipinski definition) is 2. The molecule has 0 heterocycles. The molecule has 0 aromatic heterocycles. The maximum Gasteiger partial charge on any atom is 0.406 e. The second-order valence-electron chi connectivity index (χ2n) is 4.64. The Morgan fingerprint density at radius 1 is 1.35 bits per heavy atom. The molecule has 3 nitrogen and oxygen atoms in total. The number of hydrogen-bond donors (Lipinski definition) is 1. The van der Waals surface area contributed by atoms with E-state index in [4.69, 9.17) is 28.9 Å². The van der Waals surface area contributed by atoms with E-state index >= 15 is 0 Å². The van der Waals surface area contributed by atoms with Crippen LogP contribution in [0.3, 0.4) is 0 Å². The van der Waals surface area contributed by atoms with Gasteiger partial charge in [-0.05, 0) is 25.0 Å². The summed E-state index contributed by atoms with van der Waals surface area (Å²) in [5.41, 5.74) is 5.64. The molecule has 1 saturated carbocycles. The molecule has 0 atom stereocenters. The number of anilines is 1. The van der Waals surface area contributed by atoms with Crippen LogP contribution in [0.4, 0.5) is 18.9 Å². The molecule has 0 radical (unpaired) electrons. The van der Waals surface area contributed by atoms with Crippen LogP contribution in [0.25, 0.3) is 0 Å². The summed E-state index contributed by atoms with van der Waals surface area (Å²) in [5, 5.41) is 0.120. The molecule has 8 heteroatoms. The highest BCUT2D eigenvalue weighted by Crippen LogP contribution is 2.34. The van der Waals surface area contributed by atoms with Crippen LogP contribution in [0, 0.1) is 0 Å². The van der Waals surface area contributed by atoms with E-state index in [-0.39, 0.29) is 27.3 Å². The molecule has 1 fully saturated rings. The molecule has 0 saturated heterocycles. The summed E-state index contributed by atoms with van der Waals surface area (Å²) in [6, 6.07) is 2.09. The standard InChI is InChI=1S/C12H11Cl2F3N2O/c13-8-3-6(4-9(18)10(8)14)11(20)19(7-1-2-7)5-12(15,16)17/h3-4,7H,1-2,5,18H2. The minimum absolute atomic E-state index is 0.00745. The fourth-order valence-electron chi connectivity index (χ4n) is 1.85. The summed E-state index contributed by atoms with van der Waals surface area (Å²) < 4.78 is 37.6. The number of amides is 1. The van der Waals surface area contributed by atoms with Crippen molar-refractivity contribution >= 4 is 34.8 Å². The van der Waals surface area contributed by atoms with Gasteiger partial charge in [0.15, 0.2) is 0 Å². The Morgan fingerprint density at radius 2 is 1.95 bits per heavy atom. The Bertz CT molecular complexity index is 521. The highest BCUT2D eigenvalue weighted by atomic mass is 35.5. The predicted octanol–water partition coefficient (Wildman–Crippen LogP) is 3.74. The van der Waals surface area contributed by atoms with Gasteiger partial charge in [0.05, 0.1) is 15.7 Å². The number of nitrogens with two attached hydrogens (primary N) is 1. The topological polar surface area (TPSA) is 46.3 Å². The van der Waals surface area contributed by atoms with Crippen molar-refractivity contribution in [3.05, 3.63) is 27.7 Å². The third kappa shape index (κ3) is 3.49. The smallest absolute Gasteiger partial charge is 0.397 e. The first-order valence-electron chi connectivity index (χ1n) is 5.81. The molecule has 0 aliphatic heterocycles. The lowest BCUT2D eigenvalue weighted by molar-refractivity contribution is -0.141. The summed E-state index contributed by atoms with van der Waals surface area (Å²) in [6.07, 6.45) is -3.31. The van der Waals surface area contributed by atoms with Crippen LogP contribution in [-0.2, 0) is 0 Å². The first-order valence-corrected chi connectivity index (χ1v) is 6.57. The van der Waals surface area contributed by atoms with Gasteiger partial charge in [-0.15, -0.1) is 0 Å². The maximum absolute atomic E-state index is 12.5. The zero-order chi connectivity index (χ0) is 15.1. The Morgan fingerprint density at radius 3 is 2.40 bits per heavy atom. The van der Waals surface area contributed by atoms with Crippen molar-refractivity contribution in [2.24, 2.45) is 0 Å². The minimum Gasteiger partial charge on any atom is -0.397 e. The highest BCUT2D eigenvalue weighted by molar-refractivity contribution is 6.43. The van der Waals surface area contributed by atoms with E-state index in [0.29, 0.717) is 12.8 Å². The number of rotatable bonds is 3. The average molecular weight is 327 g/mol. The van der Waals surface area contributed by atoms with Crippen molar-refractivity contribution in [1.29, 1.82) is 0 Å². The number of carbonyl (C=O) groups is 1. The van der Waals surface area contributed by atoms with E-state index in [9.17, 15) is 18.0 Å². The number of halogens is 5. The van der Waals surface area contributed by atoms with E-state index in [2.05, 4.69) is 0 Å². The number of carbonyl (C=O) groups excluding carboxylic acids is 1. The largest absolute Gasteiger partial charge is 0.406 e. The van der Waals surface area contributed by atoms with Gasteiger partial charge >= 0.3 is 6.18 Å². The molecule has 0 unspecified atom stereocenters. The van der Waals surface area contributed by atoms with Crippen LogP contribution in [0.15, 0.2) is 12.1 Å². The van der Waals surface area contributed by atoms with E-state index in [1.165, 1.54) is 12.1 Å². The summed E-state index contributed by atoms with van der Waals surface area (Å²) in [7, 11) is 0. The highest BCUT2D eigenvalue weighted by Gasteiger charge is 2.41. The molecule has 0 bridgehead atoms. The third-order valence-electron chi connectivity index (χ3n) is 2.90. The van der Waals surface area contributed by atoms with Gasteiger partial charge in [-0.3, -0.25) is 4.79 Å². The Balaban J connectivity index is 2.28. The van der Waals surface area contributed by atoms with Crippen molar-refractivity contribution in [3.8, 4) is 0 Å². The van der Waals surface area contributed by atoms with Crippen molar-refractivity contribution in [2.75, 3.05) is 12.3 Å². The van der Waals surface area contributed by atoms with Gasteiger partial charge in [0.1, 0.15) is 6.54 Å². The molecule has 0 spiro atoms. The van der Waals surface area contributed by atoms with E-state index in [0.717, 1.165) is 4.90 Å². The van der Waals surface area contributed by atoms with Crippen LogP contribution in [-0.4, -0.2) is 29.6 Å². The summed E-state index contributed by atoms with van der Waals surface area (Å²) in [6.45, 7) is -1.28. The molecule has 2 N–H and O–H groups in total. The maximum atomic E-state index is 12.5. The van der Waals surface area contributed by atoms with Crippen molar-refractivity contribution in [3.63, 3.8) is 0 Å². The lowest BCUT2D eigenvalue weighted by atomic mass is 10.1. The zero-order valence-electron chi connectivity index (χ0n) is 10.2. The van der Waals surface area contributed by atoms with E-state index < -0.39 is 18.6 Å². The molecule has 1 amide bonds. The molecule has 110 valence electrons. The van der Waals surface area contributed by atoms with Gasteiger partial charge in [0, 0.05) is 11.6 Å². The van der Waals surface area contributed by atoms with Crippen LogP contribution in [0.5, 0.6) is 0 Å². The summed E-state index contributed by atoms with van der Waals surface area (Å²) >= 11 is 11.5. The number of nitrogens with zero attached hydrogens (tertiary/aromatic N) is 1. The number of benzene rings is 1. The molecule has 20 heavy (non-hydrogen) atoms. The van der Waals surface area contributed by atoms with E-state index in [1.54, 1.807) is 0 Å². The quantitative estimate of drug-likeness (QED) is 0.860. The van der Waals surface area contributed by atoms with Crippen molar-refractivity contribution < 1.29 is 18.0 Å². The minimum atomic E-state index is -4.44. The van der Waals surface area contributed by atoms with Crippen molar-refractivity contribution in [1.82, 2.24) is 4.90 Å². The van der Waals surface area contributed by atoms with Gasteiger partial charge in [-0.1, -0.05) is 23.2 Å². The third-order valence-corrected chi connectivity index (χ3v) is 3.72. The predicted molar refractivity (Wildman–Crippen MR) is 71.0 cm³/mol. The van der Waals surface area contributed by atoms with Crippen LogP contribution >= 0.6 is 23.2 Å². The number of nitrogen functional groups attached to an aromatic ring is 1. The molecule has 2 rings (SSSR count). The van der Waals surface area contributed by atoms with Gasteiger partial charge in [0.2, 0.25) is 0 Å². The van der Waals surface area contributed by atoms with Crippen molar-refractivity contribution in [2.45, 2.75) is 25.1 Å². The molecular formula is C12H11Cl2F3N2O.